The quantitative estimate of drug-likeness (QED) is 0.818. The number of likely N-dealkylation sites (tertiary alicyclic amines) is 1. The number of carbonyl (C=O) groups excluding carboxylic acids is 1. The summed E-state index contributed by atoms with van der Waals surface area (Å²) in [6.07, 6.45) is -3.00. The van der Waals surface area contributed by atoms with Crippen molar-refractivity contribution in [2.75, 3.05) is 6.54 Å². The van der Waals surface area contributed by atoms with E-state index in [4.69, 9.17) is 0 Å². The summed E-state index contributed by atoms with van der Waals surface area (Å²) in [7, 11) is 0. The molecule has 0 radical (unpaired) electrons. The molecule has 1 amide bonds. The summed E-state index contributed by atoms with van der Waals surface area (Å²) in [5, 5.41) is 0. The lowest BCUT2D eigenvalue weighted by molar-refractivity contribution is -0.141. The van der Waals surface area contributed by atoms with Gasteiger partial charge in [-0.1, -0.05) is 24.3 Å². The van der Waals surface area contributed by atoms with Gasteiger partial charge in [0.25, 0.3) is 0 Å². The fourth-order valence-electron chi connectivity index (χ4n) is 3.02. The number of alkyl halides is 3. The van der Waals surface area contributed by atoms with Crippen LogP contribution in [0.3, 0.4) is 0 Å². The zero-order chi connectivity index (χ0) is 18.2. The number of benzene rings is 1. The molecule has 0 spiro atoms. The van der Waals surface area contributed by atoms with Gasteiger partial charge in [0.1, 0.15) is 5.69 Å². The molecule has 0 saturated carbocycles. The molecule has 25 heavy (non-hydrogen) atoms. The van der Waals surface area contributed by atoms with Gasteiger partial charge in [-0.3, -0.25) is 4.79 Å². The first-order valence-electron chi connectivity index (χ1n) is 8.18. The van der Waals surface area contributed by atoms with Crippen molar-refractivity contribution in [1.82, 2.24) is 9.88 Å². The predicted molar refractivity (Wildman–Crippen MR) is 88.8 cm³/mol. The monoisotopic (exact) mass is 348 g/mol. The van der Waals surface area contributed by atoms with Crippen molar-refractivity contribution in [3.8, 4) is 11.3 Å². The van der Waals surface area contributed by atoms with Crippen molar-refractivity contribution in [3.05, 3.63) is 52.7 Å². The Morgan fingerprint density at radius 2 is 1.84 bits per heavy atom. The van der Waals surface area contributed by atoms with Crippen LogP contribution in [0.25, 0.3) is 11.3 Å². The zero-order valence-corrected chi connectivity index (χ0v) is 14.2. The van der Waals surface area contributed by atoms with E-state index in [0.717, 1.165) is 30.2 Å². The lowest BCUT2D eigenvalue weighted by atomic mass is 10.0. The van der Waals surface area contributed by atoms with Gasteiger partial charge >= 0.3 is 6.18 Å². The van der Waals surface area contributed by atoms with Crippen molar-refractivity contribution >= 4 is 5.91 Å². The van der Waals surface area contributed by atoms with Gasteiger partial charge in [-0.25, -0.2) is 4.98 Å². The molecule has 3 rings (SSSR count). The number of pyridine rings is 1. The van der Waals surface area contributed by atoms with E-state index in [2.05, 4.69) is 4.98 Å². The Morgan fingerprint density at radius 3 is 2.40 bits per heavy atom. The van der Waals surface area contributed by atoms with Crippen LogP contribution in [-0.4, -0.2) is 22.3 Å². The SMILES string of the molecule is Cc1cc(C(F)(F)F)nc(-c2ccc(CN3CCCC3=O)cc2)c1C. The minimum absolute atomic E-state index is 0.148. The standard InChI is InChI=1S/C19H19F3N2O/c1-12-10-16(19(20,21)22)23-18(13(12)2)15-7-5-14(6-8-15)11-24-9-3-4-17(24)25/h5-8,10H,3-4,9,11H2,1-2H3. The fraction of sp³-hybridized carbons (Fsp3) is 0.368. The molecule has 0 atom stereocenters. The first-order chi connectivity index (χ1) is 11.8. The molecular weight excluding hydrogens is 329 g/mol. The molecule has 0 bridgehead atoms. The van der Waals surface area contributed by atoms with Gasteiger partial charge in [-0.05, 0) is 43.0 Å². The lowest BCUT2D eigenvalue weighted by Gasteiger charge is -2.16. The molecule has 0 N–H and O–H groups in total. The second kappa shape index (κ2) is 6.50. The van der Waals surface area contributed by atoms with Crippen molar-refractivity contribution in [2.45, 2.75) is 39.4 Å². The minimum atomic E-state index is -4.47. The van der Waals surface area contributed by atoms with Crippen LogP contribution in [0.1, 0.15) is 35.2 Å². The maximum Gasteiger partial charge on any atom is 0.433 e. The third-order valence-corrected chi connectivity index (χ3v) is 4.59. The Balaban J connectivity index is 1.89. The summed E-state index contributed by atoms with van der Waals surface area (Å²) in [5.74, 6) is 0.148. The average Bonchev–Trinajstić information content (AvgIpc) is 2.95. The average molecular weight is 348 g/mol. The van der Waals surface area contributed by atoms with Crippen LogP contribution in [0.5, 0.6) is 0 Å². The number of nitrogens with zero attached hydrogens (tertiary/aromatic N) is 2. The molecule has 1 aliphatic heterocycles. The number of hydrogen-bond acceptors (Lipinski definition) is 2. The number of aryl methyl sites for hydroxylation is 1. The van der Waals surface area contributed by atoms with E-state index in [1.807, 2.05) is 12.1 Å². The summed E-state index contributed by atoms with van der Waals surface area (Å²) in [5.41, 5.74) is 2.36. The predicted octanol–water partition coefficient (Wildman–Crippen LogP) is 4.51. The van der Waals surface area contributed by atoms with Gasteiger partial charge in [0.15, 0.2) is 0 Å². The second-order valence-corrected chi connectivity index (χ2v) is 6.41. The van der Waals surface area contributed by atoms with Crippen LogP contribution in [-0.2, 0) is 17.5 Å². The number of halogens is 3. The third kappa shape index (κ3) is 3.67. The van der Waals surface area contributed by atoms with Crippen molar-refractivity contribution in [2.24, 2.45) is 0 Å². The van der Waals surface area contributed by atoms with Crippen LogP contribution < -0.4 is 0 Å². The van der Waals surface area contributed by atoms with E-state index in [1.165, 1.54) is 0 Å². The van der Waals surface area contributed by atoms with Gasteiger partial charge in [0, 0.05) is 25.1 Å². The van der Waals surface area contributed by atoms with Crippen LogP contribution >= 0.6 is 0 Å². The number of carbonyl (C=O) groups is 1. The van der Waals surface area contributed by atoms with Gasteiger partial charge in [-0.15, -0.1) is 0 Å². The molecule has 2 aromatic rings. The Morgan fingerprint density at radius 1 is 1.16 bits per heavy atom. The first-order valence-corrected chi connectivity index (χ1v) is 8.18. The maximum absolute atomic E-state index is 13.0. The highest BCUT2D eigenvalue weighted by molar-refractivity contribution is 5.78. The largest absolute Gasteiger partial charge is 0.433 e. The topological polar surface area (TPSA) is 33.2 Å². The van der Waals surface area contributed by atoms with Crippen LogP contribution in [0, 0.1) is 13.8 Å². The zero-order valence-electron chi connectivity index (χ0n) is 14.2. The summed E-state index contributed by atoms with van der Waals surface area (Å²) >= 11 is 0. The van der Waals surface area contributed by atoms with E-state index in [0.29, 0.717) is 29.8 Å². The summed E-state index contributed by atoms with van der Waals surface area (Å²) in [6, 6.07) is 8.30. The van der Waals surface area contributed by atoms with Gasteiger partial charge in [-0.2, -0.15) is 13.2 Å². The van der Waals surface area contributed by atoms with Crippen molar-refractivity contribution < 1.29 is 18.0 Å². The number of hydrogen-bond donors (Lipinski definition) is 0. The molecule has 1 saturated heterocycles. The number of amides is 1. The highest BCUT2D eigenvalue weighted by Crippen LogP contribution is 2.33. The first kappa shape index (κ1) is 17.5. The molecule has 2 heterocycles. The van der Waals surface area contributed by atoms with E-state index >= 15 is 0 Å². The third-order valence-electron chi connectivity index (χ3n) is 4.59. The van der Waals surface area contributed by atoms with Gasteiger partial charge in [0.05, 0.1) is 5.69 Å². The normalized spacial score (nSPS) is 15.1. The van der Waals surface area contributed by atoms with Crippen LogP contribution in [0.15, 0.2) is 30.3 Å². The molecule has 0 unspecified atom stereocenters. The van der Waals surface area contributed by atoms with Crippen molar-refractivity contribution in [1.29, 1.82) is 0 Å². The maximum atomic E-state index is 13.0. The van der Waals surface area contributed by atoms with Gasteiger partial charge in [0.2, 0.25) is 5.91 Å². The molecule has 0 aliphatic carbocycles. The van der Waals surface area contributed by atoms with E-state index in [1.54, 1.807) is 30.9 Å². The molecule has 1 aromatic carbocycles. The highest BCUT2D eigenvalue weighted by Gasteiger charge is 2.33. The van der Waals surface area contributed by atoms with E-state index < -0.39 is 11.9 Å². The van der Waals surface area contributed by atoms with E-state index in [9.17, 15) is 18.0 Å². The Labute approximate surface area is 144 Å². The molecule has 1 fully saturated rings. The molecule has 3 nitrogen and oxygen atoms in total. The number of rotatable bonds is 3. The van der Waals surface area contributed by atoms with Crippen LogP contribution in [0.2, 0.25) is 0 Å². The molecule has 1 aromatic heterocycles. The Hall–Kier alpha value is -2.37. The smallest absolute Gasteiger partial charge is 0.338 e. The highest BCUT2D eigenvalue weighted by atomic mass is 19.4. The Kier molecular flexibility index (Phi) is 4.54. The molecule has 1 aliphatic rings. The van der Waals surface area contributed by atoms with Gasteiger partial charge < -0.3 is 4.90 Å². The lowest BCUT2D eigenvalue weighted by Crippen LogP contribution is -2.23. The van der Waals surface area contributed by atoms with Crippen molar-refractivity contribution in [3.63, 3.8) is 0 Å². The molecular formula is C19H19F3N2O. The summed E-state index contributed by atoms with van der Waals surface area (Å²) in [6.45, 7) is 4.72. The fourth-order valence-corrected chi connectivity index (χ4v) is 3.02. The molecule has 6 heteroatoms. The Bertz CT molecular complexity index is 798. The molecule has 132 valence electrons. The van der Waals surface area contributed by atoms with Crippen LogP contribution in [0.4, 0.5) is 13.2 Å². The number of aromatic nitrogens is 1. The summed E-state index contributed by atoms with van der Waals surface area (Å²) < 4.78 is 39.1. The minimum Gasteiger partial charge on any atom is -0.338 e. The summed E-state index contributed by atoms with van der Waals surface area (Å²) in [4.78, 5) is 17.3. The second-order valence-electron chi connectivity index (χ2n) is 6.41. The van der Waals surface area contributed by atoms with E-state index in [-0.39, 0.29) is 5.91 Å².